The molecule has 1 spiro atoms. The zero-order valence-electron chi connectivity index (χ0n) is 16.6. The summed E-state index contributed by atoms with van der Waals surface area (Å²) in [5.41, 5.74) is 1.26. The van der Waals surface area contributed by atoms with E-state index in [0.29, 0.717) is 24.7 Å². The number of hydrogen-bond acceptors (Lipinski definition) is 3. The highest BCUT2D eigenvalue weighted by molar-refractivity contribution is 14.0. The summed E-state index contributed by atoms with van der Waals surface area (Å²) in [4.78, 5) is 17.9. The van der Waals surface area contributed by atoms with Gasteiger partial charge in [0.05, 0.1) is 6.10 Å². The average Bonchev–Trinajstić information content (AvgIpc) is 3.08. The van der Waals surface area contributed by atoms with Gasteiger partial charge in [-0.1, -0.05) is 25.0 Å². The van der Waals surface area contributed by atoms with Gasteiger partial charge in [-0.25, -0.2) is 4.99 Å². The Morgan fingerprint density at radius 1 is 1.35 bits per heavy atom. The first kappa shape index (κ1) is 23.2. The molecule has 6 nitrogen and oxygen atoms in total. The number of carbonyl (C=O) groups excluding carboxylic acids is 1. The Balaban J connectivity index is 0.00000338. The lowest BCUT2D eigenvalue weighted by atomic mass is 9.60. The van der Waals surface area contributed by atoms with Gasteiger partial charge >= 0.3 is 0 Å². The molecule has 26 heavy (non-hydrogen) atoms. The maximum Gasteiger partial charge on any atom is 0.243 e. The predicted octanol–water partition coefficient (Wildman–Crippen LogP) is 2.54. The molecule has 0 bridgehead atoms. The molecule has 0 saturated heterocycles. The zero-order chi connectivity index (χ0) is 18.4. The molecule has 7 heteroatoms. The summed E-state index contributed by atoms with van der Waals surface area (Å²) in [5, 5.41) is 6.86. The highest BCUT2D eigenvalue weighted by atomic mass is 127. The van der Waals surface area contributed by atoms with E-state index in [2.05, 4.69) is 29.1 Å². The fourth-order valence-electron chi connectivity index (χ4n) is 3.93. The standard InChI is InChI=1S/C19H34N4O2.HI/c1-6-25-16-11-15(19(16)9-7-8-10-19)22-18(20-12-14(2)3)21-13-17(24)23(4)5;/h15-16H,2,6-13H2,1,3-5H3,(H2,20,21,22);1H. The molecule has 2 unspecified atom stereocenters. The molecule has 2 N–H and O–H groups in total. The summed E-state index contributed by atoms with van der Waals surface area (Å²) in [6, 6.07) is 0.359. The van der Waals surface area contributed by atoms with Gasteiger partial charge in [-0.15, -0.1) is 24.0 Å². The Morgan fingerprint density at radius 2 is 2.00 bits per heavy atom. The Kier molecular flexibility index (Phi) is 9.36. The normalized spacial score (nSPS) is 23.8. The molecule has 2 rings (SSSR count). The number of rotatable bonds is 7. The van der Waals surface area contributed by atoms with E-state index in [0.717, 1.165) is 18.6 Å². The van der Waals surface area contributed by atoms with Crippen molar-refractivity contribution in [2.45, 2.75) is 58.1 Å². The van der Waals surface area contributed by atoms with Crippen LogP contribution in [0.15, 0.2) is 17.1 Å². The molecule has 150 valence electrons. The number of hydrogen-bond donors (Lipinski definition) is 2. The Bertz CT molecular complexity index is 516. The third-order valence-corrected chi connectivity index (χ3v) is 5.43. The summed E-state index contributed by atoms with van der Waals surface area (Å²) in [6.07, 6.45) is 6.31. The quantitative estimate of drug-likeness (QED) is 0.256. The van der Waals surface area contributed by atoms with Crippen LogP contribution in [0.2, 0.25) is 0 Å². The smallest absolute Gasteiger partial charge is 0.243 e. The Hall–Kier alpha value is -0.830. The third kappa shape index (κ3) is 5.58. The molecule has 0 aromatic carbocycles. The van der Waals surface area contributed by atoms with Crippen LogP contribution >= 0.6 is 24.0 Å². The van der Waals surface area contributed by atoms with Gasteiger partial charge in [0.15, 0.2) is 5.96 Å². The number of aliphatic imine (C=N–C) groups is 1. The van der Waals surface area contributed by atoms with Crippen molar-refractivity contribution < 1.29 is 9.53 Å². The SMILES string of the molecule is C=C(C)CNC(=NCC(=O)N(C)C)NC1CC(OCC)C12CCCC2.I. The average molecular weight is 478 g/mol. The highest BCUT2D eigenvalue weighted by Crippen LogP contribution is 2.54. The van der Waals surface area contributed by atoms with Crippen molar-refractivity contribution in [2.24, 2.45) is 10.4 Å². The second-order valence-electron chi connectivity index (χ2n) is 7.58. The van der Waals surface area contributed by atoms with Crippen LogP contribution in [-0.4, -0.2) is 62.7 Å². The van der Waals surface area contributed by atoms with Crippen LogP contribution in [0.1, 0.15) is 46.0 Å². The van der Waals surface area contributed by atoms with Gasteiger partial charge in [0.1, 0.15) is 6.54 Å². The first-order chi connectivity index (χ1) is 11.9. The molecule has 0 aromatic heterocycles. The number of guanidine groups is 1. The van der Waals surface area contributed by atoms with Crippen LogP contribution in [0.4, 0.5) is 0 Å². The Morgan fingerprint density at radius 3 is 2.54 bits per heavy atom. The first-order valence-electron chi connectivity index (χ1n) is 9.40. The van der Waals surface area contributed by atoms with Crippen molar-refractivity contribution in [1.82, 2.24) is 15.5 Å². The molecule has 2 atom stereocenters. The molecule has 0 aliphatic heterocycles. The summed E-state index contributed by atoms with van der Waals surface area (Å²) in [6.45, 7) is 9.54. The molecular weight excluding hydrogens is 443 g/mol. The largest absolute Gasteiger partial charge is 0.378 e. The Labute approximate surface area is 175 Å². The van der Waals surface area contributed by atoms with E-state index in [1.54, 1.807) is 19.0 Å². The number of carbonyl (C=O) groups is 1. The maximum absolute atomic E-state index is 11.9. The van der Waals surface area contributed by atoms with Crippen LogP contribution in [0.5, 0.6) is 0 Å². The van der Waals surface area contributed by atoms with Crippen molar-refractivity contribution in [3.8, 4) is 0 Å². The fraction of sp³-hybridized carbons (Fsp3) is 0.789. The van der Waals surface area contributed by atoms with E-state index >= 15 is 0 Å². The molecule has 1 amide bonds. The van der Waals surface area contributed by atoms with E-state index in [1.807, 2.05) is 6.92 Å². The second kappa shape index (κ2) is 10.5. The molecule has 0 radical (unpaired) electrons. The fourth-order valence-corrected chi connectivity index (χ4v) is 3.93. The van der Waals surface area contributed by atoms with Crippen molar-refractivity contribution in [1.29, 1.82) is 0 Å². The minimum Gasteiger partial charge on any atom is -0.378 e. The first-order valence-corrected chi connectivity index (χ1v) is 9.40. The third-order valence-electron chi connectivity index (χ3n) is 5.43. The number of nitrogens with one attached hydrogen (secondary N) is 2. The molecule has 2 aliphatic carbocycles. The lowest BCUT2D eigenvalue weighted by molar-refractivity contribution is -0.127. The highest BCUT2D eigenvalue weighted by Gasteiger charge is 2.56. The van der Waals surface area contributed by atoms with Gasteiger partial charge in [-0.05, 0) is 33.1 Å². The van der Waals surface area contributed by atoms with Gasteiger partial charge in [0.25, 0.3) is 0 Å². The van der Waals surface area contributed by atoms with Crippen LogP contribution in [0.25, 0.3) is 0 Å². The van der Waals surface area contributed by atoms with Gasteiger partial charge in [-0.3, -0.25) is 4.79 Å². The van der Waals surface area contributed by atoms with E-state index in [-0.39, 0.29) is 41.8 Å². The topological polar surface area (TPSA) is 66.0 Å². The van der Waals surface area contributed by atoms with Gasteiger partial charge in [0.2, 0.25) is 5.91 Å². The summed E-state index contributed by atoms with van der Waals surface area (Å²) < 4.78 is 5.98. The van der Waals surface area contributed by atoms with Crippen molar-refractivity contribution >= 4 is 35.8 Å². The molecule has 0 aromatic rings. The number of ether oxygens (including phenoxy) is 1. The molecular formula is C19H35IN4O2. The number of likely N-dealkylation sites (N-methyl/N-ethyl adjacent to an activating group) is 1. The minimum atomic E-state index is -0.00666. The second-order valence-corrected chi connectivity index (χ2v) is 7.58. The van der Waals surface area contributed by atoms with Crippen molar-refractivity contribution in [3.05, 3.63) is 12.2 Å². The predicted molar refractivity (Wildman–Crippen MR) is 117 cm³/mol. The van der Waals surface area contributed by atoms with Crippen LogP contribution in [-0.2, 0) is 9.53 Å². The van der Waals surface area contributed by atoms with Gasteiger partial charge in [-0.2, -0.15) is 0 Å². The number of halogens is 1. The zero-order valence-corrected chi connectivity index (χ0v) is 19.0. The lowest BCUT2D eigenvalue weighted by Gasteiger charge is -2.54. The monoisotopic (exact) mass is 478 g/mol. The molecule has 2 saturated carbocycles. The molecule has 2 fully saturated rings. The van der Waals surface area contributed by atoms with Gasteiger partial charge < -0.3 is 20.3 Å². The molecule has 0 heterocycles. The summed E-state index contributed by atoms with van der Waals surface area (Å²) in [5.74, 6) is 0.692. The van der Waals surface area contributed by atoms with Crippen molar-refractivity contribution in [2.75, 3.05) is 33.8 Å². The number of amides is 1. The van der Waals surface area contributed by atoms with Crippen LogP contribution < -0.4 is 10.6 Å². The maximum atomic E-state index is 11.9. The van der Waals surface area contributed by atoms with Crippen molar-refractivity contribution in [3.63, 3.8) is 0 Å². The van der Waals surface area contributed by atoms with E-state index < -0.39 is 0 Å². The van der Waals surface area contributed by atoms with Gasteiger partial charge in [0, 0.05) is 38.7 Å². The lowest BCUT2D eigenvalue weighted by Crippen LogP contribution is -2.65. The van der Waals surface area contributed by atoms with E-state index in [1.165, 1.54) is 25.7 Å². The molecule has 2 aliphatic rings. The van der Waals surface area contributed by atoms with Crippen LogP contribution in [0.3, 0.4) is 0 Å². The summed E-state index contributed by atoms with van der Waals surface area (Å²) >= 11 is 0. The minimum absolute atomic E-state index is 0. The number of nitrogens with zero attached hydrogens (tertiary/aromatic N) is 2. The van der Waals surface area contributed by atoms with E-state index in [4.69, 9.17) is 4.74 Å². The van der Waals surface area contributed by atoms with Crippen LogP contribution in [0, 0.1) is 5.41 Å². The summed E-state index contributed by atoms with van der Waals surface area (Å²) in [7, 11) is 3.50. The van der Waals surface area contributed by atoms with E-state index in [9.17, 15) is 4.79 Å².